The van der Waals surface area contributed by atoms with Gasteiger partial charge in [0.05, 0.1) is 0 Å². The van der Waals surface area contributed by atoms with Gasteiger partial charge < -0.3 is 10.1 Å². The number of nitrogens with one attached hydrogen (secondary N) is 1. The molecule has 3 heteroatoms. The van der Waals surface area contributed by atoms with Crippen LogP contribution in [0.3, 0.4) is 0 Å². The molecule has 0 spiro atoms. The minimum Gasteiger partial charge on any atom is -0.372 e. The van der Waals surface area contributed by atoms with E-state index in [4.69, 9.17) is 4.74 Å². The Balaban J connectivity index is 3.07. The molecule has 0 amide bonds. The highest BCUT2D eigenvalue weighted by Crippen LogP contribution is 2.27. The molecule has 1 aromatic rings. The second-order valence-electron chi connectivity index (χ2n) is 4.15. The van der Waals surface area contributed by atoms with Crippen LogP contribution in [0.5, 0.6) is 0 Å². The first kappa shape index (κ1) is 13.1. The molecule has 1 N–H and O–H groups in total. The zero-order chi connectivity index (χ0) is 12.2. The fourth-order valence-electron chi connectivity index (χ4n) is 1.70. The molecule has 2 nitrogen and oxygen atoms in total. The van der Waals surface area contributed by atoms with Gasteiger partial charge in [-0.2, -0.15) is 0 Å². The standard InChI is InChI=1S/C13H20FNO/c1-5-15-9-13(3,16-4)11-8-6-7-10(2)12(11)14/h6-8,15H,5,9H2,1-4H3/t13-/m1/s1. The monoisotopic (exact) mass is 225 g/mol. The van der Waals surface area contributed by atoms with E-state index in [1.54, 1.807) is 26.2 Å². The summed E-state index contributed by atoms with van der Waals surface area (Å²) in [7, 11) is 1.61. The number of hydrogen-bond donors (Lipinski definition) is 1. The first-order chi connectivity index (χ1) is 7.55. The van der Waals surface area contributed by atoms with Crippen molar-refractivity contribution in [2.24, 2.45) is 0 Å². The Hall–Kier alpha value is -0.930. The summed E-state index contributed by atoms with van der Waals surface area (Å²) in [6.07, 6.45) is 0. The summed E-state index contributed by atoms with van der Waals surface area (Å²) in [6, 6.07) is 5.41. The van der Waals surface area contributed by atoms with Gasteiger partial charge in [0.15, 0.2) is 0 Å². The highest BCUT2D eigenvalue weighted by Gasteiger charge is 2.29. The third-order valence-electron chi connectivity index (χ3n) is 2.92. The maximum atomic E-state index is 14.0. The quantitative estimate of drug-likeness (QED) is 0.831. The lowest BCUT2D eigenvalue weighted by atomic mass is 9.93. The van der Waals surface area contributed by atoms with Crippen LogP contribution in [-0.4, -0.2) is 20.2 Å². The molecule has 0 aliphatic rings. The van der Waals surface area contributed by atoms with E-state index in [1.807, 2.05) is 19.9 Å². The van der Waals surface area contributed by atoms with Crippen LogP contribution in [0.4, 0.5) is 4.39 Å². The molecule has 1 aromatic carbocycles. The number of halogens is 1. The molecule has 0 aromatic heterocycles. The van der Waals surface area contributed by atoms with Crippen LogP contribution in [0.1, 0.15) is 25.0 Å². The topological polar surface area (TPSA) is 21.3 Å². The zero-order valence-electron chi connectivity index (χ0n) is 10.4. The van der Waals surface area contributed by atoms with Gasteiger partial charge in [-0.1, -0.05) is 25.1 Å². The normalized spacial score (nSPS) is 14.8. The predicted octanol–water partition coefficient (Wildman–Crippen LogP) is 2.61. The molecular formula is C13H20FNO. The number of benzene rings is 1. The van der Waals surface area contributed by atoms with Gasteiger partial charge in [0.1, 0.15) is 11.4 Å². The molecule has 1 rings (SSSR count). The van der Waals surface area contributed by atoms with Crippen LogP contribution in [-0.2, 0) is 10.3 Å². The Bertz CT molecular complexity index is 354. The van der Waals surface area contributed by atoms with Crippen molar-refractivity contribution in [3.63, 3.8) is 0 Å². The van der Waals surface area contributed by atoms with Gasteiger partial charge in [0.2, 0.25) is 0 Å². The molecule has 0 radical (unpaired) electrons. The summed E-state index contributed by atoms with van der Waals surface area (Å²) in [5.74, 6) is -0.176. The summed E-state index contributed by atoms with van der Waals surface area (Å²) in [6.45, 7) is 7.12. The second-order valence-corrected chi connectivity index (χ2v) is 4.15. The predicted molar refractivity (Wildman–Crippen MR) is 64.0 cm³/mol. The minimum absolute atomic E-state index is 0.176. The Morgan fingerprint density at radius 1 is 1.44 bits per heavy atom. The number of ether oxygens (including phenoxy) is 1. The fraction of sp³-hybridized carbons (Fsp3) is 0.538. The van der Waals surface area contributed by atoms with E-state index < -0.39 is 5.60 Å². The molecule has 0 unspecified atom stereocenters. The SMILES string of the molecule is CCNC[C@@](C)(OC)c1cccc(C)c1F. The van der Waals surface area contributed by atoms with Crippen LogP contribution in [0.2, 0.25) is 0 Å². The average Bonchev–Trinajstić information content (AvgIpc) is 2.29. The average molecular weight is 225 g/mol. The van der Waals surface area contributed by atoms with E-state index in [0.29, 0.717) is 17.7 Å². The van der Waals surface area contributed by atoms with Crippen molar-refractivity contribution in [3.05, 3.63) is 35.1 Å². The maximum Gasteiger partial charge on any atom is 0.132 e. The van der Waals surface area contributed by atoms with Crippen molar-refractivity contribution in [2.75, 3.05) is 20.2 Å². The summed E-state index contributed by atoms with van der Waals surface area (Å²) in [4.78, 5) is 0. The van der Waals surface area contributed by atoms with Crippen LogP contribution >= 0.6 is 0 Å². The van der Waals surface area contributed by atoms with Crippen LogP contribution < -0.4 is 5.32 Å². The van der Waals surface area contributed by atoms with E-state index >= 15 is 0 Å². The largest absolute Gasteiger partial charge is 0.372 e. The third kappa shape index (κ3) is 2.60. The Labute approximate surface area is 96.8 Å². The second kappa shape index (κ2) is 5.41. The summed E-state index contributed by atoms with van der Waals surface area (Å²) in [5.41, 5.74) is 0.639. The first-order valence-corrected chi connectivity index (χ1v) is 5.56. The van der Waals surface area contributed by atoms with E-state index in [-0.39, 0.29) is 5.82 Å². The van der Waals surface area contributed by atoms with E-state index in [1.165, 1.54) is 0 Å². The molecule has 1 atom stereocenters. The van der Waals surface area contributed by atoms with Crippen molar-refractivity contribution in [1.29, 1.82) is 0 Å². The van der Waals surface area contributed by atoms with E-state index in [9.17, 15) is 4.39 Å². The highest BCUT2D eigenvalue weighted by atomic mass is 19.1. The molecule has 0 aliphatic carbocycles. The first-order valence-electron chi connectivity index (χ1n) is 5.56. The van der Waals surface area contributed by atoms with Gasteiger partial charge >= 0.3 is 0 Å². The summed E-state index contributed by atoms with van der Waals surface area (Å²) < 4.78 is 19.5. The van der Waals surface area contributed by atoms with Crippen molar-refractivity contribution in [2.45, 2.75) is 26.4 Å². The van der Waals surface area contributed by atoms with Gasteiger partial charge in [0, 0.05) is 19.2 Å². The molecule has 0 fully saturated rings. The van der Waals surface area contributed by atoms with Crippen LogP contribution in [0, 0.1) is 12.7 Å². The van der Waals surface area contributed by atoms with Crippen molar-refractivity contribution >= 4 is 0 Å². The van der Waals surface area contributed by atoms with E-state index in [0.717, 1.165) is 6.54 Å². The number of methoxy groups -OCH3 is 1. The molecular weight excluding hydrogens is 205 g/mol. The van der Waals surface area contributed by atoms with Crippen molar-refractivity contribution in [1.82, 2.24) is 5.32 Å². The lowest BCUT2D eigenvalue weighted by Gasteiger charge is -2.29. The molecule has 16 heavy (non-hydrogen) atoms. The number of rotatable bonds is 5. The lowest BCUT2D eigenvalue weighted by Crippen LogP contribution is -2.38. The van der Waals surface area contributed by atoms with Crippen molar-refractivity contribution in [3.8, 4) is 0 Å². The smallest absolute Gasteiger partial charge is 0.132 e. The van der Waals surface area contributed by atoms with Gasteiger partial charge in [-0.15, -0.1) is 0 Å². The third-order valence-corrected chi connectivity index (χ3v) is 2.92. The van der Waals surface area contributed by atoms with E-state index in [2.05, 4.69) is 5.32 Å². The van der Waals surface area contributed by atoms with Crippen molar-refractivity contribution < 1.29 is 9.13 Å². The summed E-state index contributed by atoms with van der Waals surface area (Å²) >= 11 is 0. The van der Waals surface area contributed by atoms with Crippen LogP contribution in [0.15, 0.2) is 18.2 Å². The number of aryl methyl sites for hydroxylation is 1. The minimum atomic E-state index is -0.619. The fourth-order valence-corrected chi connectivity index (χ4v) is 1.70. The lowest BCUT2D eigenvalue weighted by molar-refractivity contribution is 0.000209. The molecule has 0 saturated heterocycles. The van der Waals surface area contributed by atoms with Gasteiger partial charge in [-0.25, -0.2) is 4.39 Å². The maximum absolute atomic E-state index is 14.0. The zero-order valence-corrected chi connectivity index (χ0v) is 10.4. The highest BCUT2D eigenvalue weighted by molar-refractivity contribution is 5.30. The molecule has 90 valence electrons. The molecule has 0 aliphatic heterocycles. The van der Waals surface area contributed by atoms with Gasteiger partial charge in [-0.3, -0.25) is 0 Å². The molecule has 0 bridgehead atoms. The van der Waals surface area contributed by atoms with Gasteiger partial charge in [0.25, 0.3) is 0 Å². The Morgan fingerprint density at radius 3 is 2.69 bits per heavy atom. The number of hydrogen-bond acceptors (Lipinski definition) is 2. The Morgan fingerprint density at radius 2 is 2.12 bits per heavy atom. The molecule has 0 heterocycles. The van der Waals surface area contributed by atoms with Crippen LogP contribution in [0.25, 0.3) is 0 Å². The Kier molecular flexibility index (Phi) is 4.44. The van der Waals surface area contributed by atoms with Gasteiger partial charge in [-0.05, 0) is 26.0 Å². The number of likely N-dealkylation sites (N-methyl/N-ethyl adjacent to an activating group) is 1. The molecule has 0 saturated carbocycles. The summed E-state index contributed by atoms with van der Waals surface area (Å²) in [5, 5.41) is 3.19.